The Balaban J connectivity index is 1.40. The summed E-state index contributed by atoms with van der Waals surface area (Å²) in [6, 6.07) is 6.69. The Morgan fingerprint density at radius 3 is 2.68 bits per heavy atom. The number of likely N-dealkylation sites (tertiary alicyclic amines) is 1. The van der Waals surface area contributed by atoms with Crippen molar-refractivity contribution in [1.82, 2.24) is 15.1 Å². The minimum absolute atomic E-state index is 0.0337. The fourth-order valence-corrected chi connectivity index (χ4v) is 6.57. The van der Waals surface area contributed by atoms with Crippen LogP contribution in [0.5, 0.6) is 0 Å². The van der Waals surface area contributed by atoms with Gasteiger partial charge in [0.2, 0.25) is 11.8 Å². The van der Waals surface area contributed by atoms with E-state index in [1.165, 1.54) is 29.0 Å². The van der Waals surface area contributed by atoms with Crippen LogP contribution in [0.4, 0.5) is 0 Å². The quantitative estimate of drug-likeness (QED) is 0.608. The first-order valence-electron chi connectivity index (χ1n) is 12.8. The van der Waals surface area contributed by atoms with Crippen molar-refractivity contribution in [3.8, 4) is 6.07 Å². The minimum atomic E-state index is -0.879. The molecule has 1 saturated carbocycles. The molecule has 0 unspecified atom stereocenters. The number of rotatable bonds is 8. The highest BCUT2D eigenvalue weighted by Gasteiger charge is 2.41. The van der Waals surface area contributed by atoms with E-state index < -0.39 is 5.54 Å². The van der Waals surface area contributed by atoms with Crippen molar-refractivity contribution >= 4 is 23.2 Å². The van der Waals surface area contributed by atoms with Gasteiger partial charge in [-0.3, -0.25) is 14.5 Å². The van der Waals surface area contributed by atoms with Crippen LogP contribution in [0, 0.1) is 30.1 Å². The van der Waals surface area contributed by atoms with Crippen LogP contribution in [0.15, 0.2) is 12.1 Å². The SMILES string of the molecule is Cc1ccc(CN2CC[C@](C#N)(NC(=O)[C@H](CC(=O)N3CCOCC3)CC3CCCCC3)C2)s1. The van der Waals surface area contributed by atoms with Gasteiger partial charge in [0.05, 0.1) is 19.3 Å². The normalized spacial score (nSPS) is 25.1. The molecule has 1 aromatic rings. The lowest BCUT2D eigenvalue weighted by Crippen LogP contribution is -2.52. The first-order chi connectivity index (χ1) is 16.5. The monoisotopic (exact) mass is 486 g/mol. The molecule has 2 aliphatic heterocycles. The summed E-state index contributed by atoms with van der Waals surface area (Å²) in [5.74, 6) is 0.0220. The van der Waals surface area contributed by atoms with E-state index in [0.29, 0.717) is 45.2 Å². The highest BCUT2D eigenvalue weighted by Crippen LogP contribution is 2.32. The Labute approximate surface area is 207 Å². The van der Waals surface area contributed by atoms with E-state index in [1.807, 2.05) is 4.90 Å². The smallest absolute Gasteiger partial charge is 0.224 e. The second-order valence-corrected chi connectivity index (χ2v) is 11.7. The average molecular weight is 487 g/mol. The molecule has 1 N–H and O–H groups in total. The van der Waals surface area contributed by atoms with Gasteiger partial charge in [0.15, 0.2) is 0 Å². The summed E-state index contributed by atoms with van der Waals surface area (Å²) in [6.45, 7) is 6.52. The van der Waals surface area contributed by atoms with Crippen molar-refractivity contribution in [2.45, 2.75) is 70.4 Å². The van der Waals surface area contributed by atoms with Crippen LogP contribution in [0.3, 0.4) is 0 Å². The number of hydrogen-bond donors (Lipinski definition) is 1. The Bertz CT molecular complexity index is 885. The third-order valence-corrected chi connectivity index (χ3v) is 8.58. The second kappa shape index (κ2) is 11.7. The maximum atomic E-state index is 13.5. The van der Waals surface area contributed by atoms with Gasteiger partial charge in [-0.1, -0.05) is 32.1 Å². The zero-order chi connectivity index (χ0) is 24.0. The first kappa shape index (κ1) is 25.2. The number of aryl methyl sites for hydroxylation is 1. The highest BCUT2D eigenvalue weighted by molar-refractivity contribution is 7.11. The predicted molar refractivity (Wildman–Crippen MR) is 132 cm³/mol. The van der Waals surface area contributed by atoms with Crippen molar-refractivity contribution in [2.75, 3.05) is 39.4 Å². The molecule has 34 heavy (non-hydrogen) atoms. The van der Waals surface area contributed by atoms with E-state index in [4.69, 9.17) is 4.74 Å². The van der Waals surface area contributed by atoms with Crippen LogP contribution in [-0.2, 0) is 20.9 Å². The summed E-state index contributed by atoms with van der Waals surface area (Å²) >= 11 is 1.78. The van der Waals surface area contributed by atoms with E-state index in [0.717, 1.165) is 32.4 Å². The van der Waals surface area contributed by atoms with Crippen LogP contribution < -0.4 is 5.32 Å². The van der Waals surface area contributed by atoms with Crippen molar-refractivity contribution in [2.24, 2.45) is 11.8 Å². The molecular formula is C26H38N4O3S. The van der Waals surface area contributed by atoms with Gasteiger partial charge in [-0.2, -0.15) is 5.26 Å². The molecule has 3 heterocycles. The summed E-state index contributed by atoms with van der Waals surface area (Å²) in [4.78, 5) is 33.2. The molecule has 0 spiro atoms. The first-order valence-corrected chi connectivity index (χ1v) is 13.6. The lowest BCUT2D eigenvalue weighted by molar-refractivity contribution is -0.140. The number of nitriles is 1. The van der Waals surface area contributed by atoms with Gasteiger partial charge in [-0.05, 0) is 37.8 Å². The fraction of sp³-hybridized carbons (Fsp3) is 0.731. The Kier molecular flexibility index (Phi) is 8.62. The van der Waals surface area contributed by atoms with Crippen molar-refractivity contribution < 1.29 is 14.3 Å². The number of carbonyl (C=O) groups is 2. The lowest BCUT2D eigenvalue weighted by Gasteiger charge is -2.32. The Morgan fingerprint density at radius 1 is 1.24 bits per heavy atom. The van der Waals surface area contributed by atoms with E-state index in [2.05, 4.69) is 35.3 Å². The van der Waals surface area contributed by atoms with Gasteiger partial charge in [0.25, 0.3) is 0 Å². The molecule has 4 rings (SSSR count). The lowest BCUT2D eigenvalue weighted by atomic mass is 9.81. The summed E-state index contributed by atoms with van der Waals surface area (Å²) < 4.78 is 5.38. The minimum Gasteiger partial charge on any atom is -0.378 e. The summed E-state index contributed by atoms with van der Waals surface area (Å²) in [7, 11) is 0. The van der Waals surface area contributed by atoms with Crippen LogP contribution in [0.1, 0.15) is 61.1 Å². The van der Waals surface area contributed by atoms with E-state index in [-0.39, 0.29) is 24.2 Å². The molecule has 186 valence electrons. The average Bonchev–Trinajstić information content (AvgIpc) is 3.45. The molecule has 2 amide bonds. The van der Waals surface area contributed by atoms with E-state index in [9.17, 15) is 14.9 Å². The molecule has 2 saturated heterocycles. The number of morpholine rings is 1. The molecule has 1 aliphatic carbocycles. The zero-order valence-corrected chi connectivity index (χ0v) is 21.2. The van der Waals surface area contributed by atoms with Crippen LogP contribution in [-0.4, -0.2) is 66.5 Å². The molecule has 7 nitrogen and oxygen atoms in total. The molecular weight excluding hydrogens is 448 g/mol. The maximum Gasteiger partial charge on any atom is 0.224 e. The number of thiophene rings is 1. The molecule has 0 aromatic carbocycles. The Morgan fingerprint density at radius 2 is 2.00 bits per heavy atom. The fourth-order valence-electron chi connectivity index (χ4n) is 5.63. The Hall–Kier alpha value is -1.95. The van der Waals surface area contributed by atoms with Gasteiger partial charge >= 0.3 is 0 Å². The van der Waals surface area contributed by atoms with Gasteiger partial charge in [0, 0.05) is 54.8 Å². The number of amides is 2. The van der Waals surface area contributed by atoms with Gasteiger partial charge < -0.3 is 15.0 Å². The molecule has 3 fully saturated rings. The second-order valence-electron chi connectivity index (χ2n) is 10.3. The molecule has 8 heteroatoms. The van der Waals surface area contributed by atoms with Crippen molar-refractivity contribution in [3.05, 3.63) is 21.9 Å². The highest BCUT2D eigenvalue weighted by atomic mass is 32.1. The summed E-state index contributed by atoms with van der Waals surface area (Å²) in [5, 5.41) is 13.2. The molecule has 0 bridgehead atoms. The third-order valence-electron chi connectivity index (χ3n) is 7.60. The van der Waals surface area contributed by atoms with Gasteiger partial charge in [-0.15, -0.1) is 11.3 Å². The number of carbonyl (C=O) groups excluding carboxylic acids is 2. The number of ether oxygens (including phenoxy) is 1. The number of hydrogen-bond acceptors (Lipinski definition) is 6. The largest absolute Gasteiger partial charge is 0.378 e. The number of nitrogens with zero attached hydrogens (tertiary/aromatic N) is 3. The molecule has 2 atom stereocenters. The van der Waals surface area contributed by atoms with Crippen molar-refractivity contribution in [3.63, 3.8) is 0 Å². The predicted octanol–water partition coefficient (Wildman–Crippen LogP) is 3.48. The third kappa shape index (κ3) is 6.59. The van der Waals surface area contributed by atoms with Gasteiger partial charge in [0.1, 0.15) is 5.54 Å². The van der Waals surface area contributed by atoms with Crippen LogP contribution in [0.2, 0.25) is 0 Å². The summed E-state index contributed by atoms with van der Waals surface area (Å²) in [6.07, 6.45) is 7.51. The van der Waals surface area contributed by atoms with Crippen LogP contribution >= 0.6 is 11.3 Å². The zero-order valence-electron chi connectivity index (χ0n) is 20.4. The molecule has 0 radical (unpaired) electrons. The molecule has 1 aromatic heterocycles. The van der Waals surface area contributed by atoms with Crippen LogP contribution in [0.25, 0.3) is 0 Å². The van der Waals surface area contributed by atoms with Gasteiger partial charge in [-0.25, -0.2) is 0 Å². The summed E-state index contributed by atoms with van der Waals surface area (Å²) in [5.41, 5.74) is -0.879. The molecule has 3 aliphatic rings. The van der Waals surface area contributed by atoms with Crippen molar-refractivity contribution in [1.29, 1.82) is 5.26 Å². The standard InChI is InChI=1S/C26H38N4O3S/c1-20-7-8-23(34-20)17-29-10-9-26(18-27,19-29)28-25(32)22(15-21-5-3-2-4-6-21)16-24(31)30-11-13-33-14-12-30/h7-8,21-22H,2-6,9-17,19H2,1H3,(H,28,32)/t22-,26+/m0/s1. The maximum absolute atomic E-state index is 13.5. The van der Waals surface area contributed by atoms with E-state index >= 15 is 0 Å². The van der Waals surface area contributed by atoms with E-state index in [1.54, 1.807) is 11.3 Å². The topological polar surface area (TPSA) is 85.7 Å². The number of nitrogens with one attached hydrogen (secondary N) is 1.